The summed E-state index contributed by atoms with van der Waals surface area (Å²) in [6, 6.07) is 9.45. The number of aromatic nitrogens is 1. The molecule has 0 aliphatic carbocycles. The van der Waals surface area contributed by atoms with Crippen LogP contribution in [0.5, 0.6) is 11.6 Å². The van der Waals surface area contributed by atoms with E-state index < -0.39 is 54.1 Å². The minimum Gasteiger partial charge on any atom is -0.482 e. The Morgan fingerprint density at radius 3 is 2.26 bits per heavy atom. The van der Waals surface area contributed by atoms with Gasteiger partial charge in [0.2, 0.25) is 5.88 Å². The van der Waals surface area contributed by atoms with E-state index in [2.05, 4.69) is 4.98 Å². The smallest absolute Gasteiger partial charge is 0.416 e. The molecule has 0 atom stereocenters. The molecule has 13 heteroatoms. The minimum absolute atomic E-state index is 0.0338. The van der Waals surface area contributed by atoms with E-state index in [9.17, 15) is 35.9 Å². The molecule has 4 rings (SSSR count). The van der Waals surface area contributed by atoms with Gasteiger partial charge >= 0.3 is 18.3 Å². The van der Waals surface area contributed by atoms with Crippen molar-refractivity contribution in [2.45, 2.75) is 51.8 Å². The van der Waals surface area contributed by atoms with Gasteiger partial charge in [-0.1, -0.05) is 12.1 Å². The summed E-state index contributed by atoms with van der Waals surface area (Å²) in [5.74, 6) is -0.811. The second kappa shape index (κ2) is 11.5. The van der Waals surface area contributed by atoms with Crippen molar-refractivity contribution in [2.75, 3.05) is 13.2 Å². The number of amides is 1. The standard InChI is InChI=1S/C29H26F6N2O5/c1-27(2,3)42-25(39)16-40-21-6-4-5-18(11-21)22-7-8-36-26-23(22)14-37(24(38)15-41-26)13-17-9-19(28(30,31)32)12-20(10-17)29(33,34)35/h4-12H,13-16H2,1-3H3. The Bertz CT molecular complexity index is 1450. The first kappa shape index (κ1) is 30.7. The molecule has 0 N–H and O–H groups in total. The Morgan fingerprint density at radius 2 is 1.64 bits per heavy atom. The summed E-state index contributed by atoms with van der Waals surface area (Å²) in [7, 11) is 0. The molecule has 42 heavy (non-hydrogen) atoms. The van der Waals surface area contributed by atoms with Crippen LogP contribution in [0.2, 0.25) is 0 Å². The van der Waals surface area contributed by atoms with Crippen LogP contribution in [0.1, 0.15) is 43.0 Å². The number of pyridine rings is 1. The van der Waals surface area contributed by atoms with Gasteiger partial charge in [0, 0.05) is 18.3 Å². The fraction of sp³-hybridized carbons (Fsp3) is 0.345. The Hall–Kier alpha value is -4.29. The van der Waals surface area contributed by atoms with Gasteiger partial charge in [0.15, 0.2) is 13.2 Å². The second-order valence-corrected chi connectivity index (χ2v) is 10.5. The van der Waals surface area contributed by atoms with Crippen LogP contribution in [-0.2, 0) is 39.8 Å². The number of hydrogen-bond donors (Lipinski definition) is 0. The average Bonchev–Trinajstić information content (AvgIpc) is 3.04. The number of carbonyl (C=O) groups excluding carboxylic acids is 2. The number of hydrogen-bond acceptors (Lipinski definition) is 6. The van der Waals surface area contributed by atoms with Crippen molar-refractivity contribution >= 4 is 11.9 Å². The topological polar surface area (TPSA) is 78.0 Å². The van der Waals surface area contributed by atoms with E-state index in [0.29, 0.717) is 34.6 Å². The highest BCUT2D eigenvalue weighted by atomic mass is 19.4. The largest absolute Gasteiger partial charge is 0.482 e. The summed E-state index contributed by atoms with van der Waals surface area (Å²) in [5.41, 5.74) is -2.50. The van der Waals surface area contributed by atoms with Gasteiger partial charge in [0.05, 0.1) is 17.7 Å². The number of fused-ring (bicyclic) bond motifs is 1. The molecular formula is C29H26F6N2O5. The molecule has 0 bridgehead atoms. The predicted molar refractivity (Wildman–Crippen MR) is 137 cm³/mol. The fourth-order valence-electron chi connectivity index (χ4n) is 4.26. The number of ether oxygens (including phenoxy) is 3. The van der Waals surface area contributed by atoms with E-state index in [1.54, 1.807) is 51.1 Å². The van der Waals surface area contributed by atoms with Crippen molar-refractivity contribution in [1.29, 1.82) is 0 Å². The first-order valence-corrected chi connectivity index (χ1v) is 12.6. The summed E-state index contributed by atoms with van der Waals surface area (Å²) in [4.78, 5) is 30.2. The number of alkyl halides is 6. The van der Waals surface area contributed by atoms with E-state index in [1.807, 2.05) is 0 Å². The number of esters is 1. The second-order valence-electron chi connectivity index (χ2n) is 10.5. The maximum absolute atomic E-state index is 13.4. The monoisotopic (exact) mass is 596 g/mol. The lowest BCUT2D eigenvalue weighted by molar-refractivity contribution is -0.157. The Labute approximate surface area is 237 Å². The molecular weight excluding hydrogens is 570 g/mol. The maximum atomic E-state index is 13.4. The minimum atomic E-state index is -5.03. The van der Waals surface area contributed by atoms with E-state index in [4.69, 9.17) is 14.2 Å². The summed E-state index contributed by atoms with van der Waals surface area (Å²) < 4.78 is 96.7. The highest BCUT2D eigenvalue weighted by molar-refractivity contribution is 5.80. The van der Waals surface area contributed by atoms with Gasteiger partial charge < -0.3 is 19.1 Å². The van der Waals surface area contributed by atoms with Crippen LogP contribution in [0.3, 0.4) is 0 Å². The molecule has 0 unspecified atom stereocenters. The van der Waals surface area contributed by atoms with Gasteiger partial charge in [-0.2, -0.15) is 26.3 Å². The number of nitrogens with zero attached hydrogens (tertiary/aromatic N) is 2. The SMILES string of the molecule is CC(C)(C)OC(=O)COc1cccc(-c2ccnc3c2CN(Cc2cc(C(F)(F)F)cc(C(F)(F)F)c2)C(=O)CO3)c1. The Morgan fingerprint density at radius 1 is 0.976 bits per heavy atom. The quantitative estimate of drug-likeness (QED) is 0.241. The van der Waals surface area contributed by atoms with E-state index in [-0.39, 0.29) is 30.7 Å². The lowest BCUT2D eigenvalue weighted by Crippen LogP contribution is -2.32. The average molecular weight is 597 g/mol. The van der Waals surface area contributed by atoms with Crippen molar-refractivity contribution in [3.63, 3.8) is 0 Å². The zero-order chi connectivity index (χ0) is 30.9. The third-order valence-corrected chi connectivity index (χ3v) is 5.99. The zero-order valence-electron chi connectivity index (χ0n) is 22.7. The van der Waals surface area contributed by atoms with Crippen molar-refractivity contribution in [2.24, 2.45) is 0 Å². The highest BCUT2D eigenvalue weighted by Gasteiger charge is 2.37. The predicted octanol–water partition coefficient (Wildman–Crippen LogP) is 6.43. The molecule has 1 amide bonds. The molecule has 2 heterocycles. The van der Waals surface area contributed by atoms with Gasteiger partial charge in [-0.3, -0.25) is 4.79 Å². The number of benzene rings is 2. The molecule has 0 saturated heterocycles. The maximum Gasteiger partial charge on any atom is 0.416 e. The molecule has 1 aromatic heterocycles. The molecule has 7 nitrogen and oxygen atoms in total. The summed E-state index contributed by atoms with van der Waals surface area (Å²) in [6.07, 6.45) is -8.62. The molecule has 0 fully saturated rings. The van der Waals surface area contributed by atoms with E-state index in [0.717, 1.165) is 4.90 Å². The van der Waals surface area contributed by atoms with Gasteiger partial charge in [0.1, 0.15) is 11.4 Å². The van der Waals surface area contributed by atoms with Crippen LogP contribution >= 0.6 is 0 Å². The van der Waals surface area contributed by atoms with Gasteiger partial charge in [-0.05, 0) is 73.9 Å². The van der Waals surface area contributed by atoms with Crippen LogP contribution in [0.25, 0.3) is 11.1 Å². The fourth-order valence-corrected chi connectivity index (χ4v) is 4.26. The van der Waals surface area contributed by atoms with Gasteiger partial charge in [-0.15, -0.1) is 0 Å². The Balaban J connectivity index is 1.63. The molecule has 1 aliphatic rings. The Kier molecular flexibility index (Phi) is 8.42. The van der Waals surface area contributed by atoms with Crippen molar-refractivity contribution < 1.29 is 50.1 Å². The highest BCUT2D eigenvalue weighted by Crippen LogP contribution is 2.38. The first-order valence-electron chi connectivity index (χ1n) is 12.6. The molecule has 3 aromatic rings. The summed E-state index contributed by atoms with van der Waals surface area (Å²) in [5, 5.41) is 0. The molecule has 0 spiro atoms. The molecule has 224 valence electrons. The summed E-state index contributed by atoms with van der Waals surface area (Å²) in [6.45, 7) is 3.54. The number of rotatable bonds is 6. The van der Waals surface area contributed by atoms with E-state index in [1.165, 1.54) is 6.20 Å². The van der Waals surface area contributed by atoms with Crippen LogP contribution in [0, 0.1) is 0 Å². The normalized spacial score (nSPS) is 14.1. The van der Waals surface area contributed by atoms with Crippen LogP contribution in [-0.4, -0.2) is 40.6 Å². The zero-order valence-corrected chi connectivity index (χ0v) is 22.7. The van der Waals surface area contributed by atoms with Crippen LogP contribution < -0.4 is 9.47 Å². The van der Waals surface area contributed by atoms with Crippen molar-refractivity contribution in [1.82, 2.24) is 9.88 Å². The van der Waals surface area contributed by atoms with Crippen molar-refractivity contribution in [3.05, 3.63) is 77.0 Å². The molecule has 2 aromatic carbocycles. The third-order valence-electron chi connectivity index (χ3n) is 5.99. The lowest BCUT2D eigenvalue weighted by atomic mass is 10.00. The van der Waals surface area contributed by atoms with Crippen LogP contribution in [0.4, 0.5) is 26.3 Å². The molecule has 0 saturated carbocycles. The number of halogens is 6. The first-order chi connectivity index (χ1) is 19.5. The van der Waals surface area contributed by atoms with Crippen molar-refractivity contribution in [3.8, 4) is 22.8 Å². The lowest BCUT2D eigenvalue weighted by Gasteiger charge is -2.23. The van der Waals surface area contributed by atoms with Gasteiger partial charge in [0.25, 0.3) is 5.91 Å². The van der Waals surface area contributed by atoms with Gasteiger partial charge in [-0.25, -0.2) is 9.78 Å². The van der Waals surface area contributed by atoms with E-state index >= 15 is 0 Å². The summed E-state index contributed by atoms with van der Waals surface area (Å²) >= 11 is 0. The third kappa shape index (κ3) is 7.71. The molecule has 0 radical (unpaired) electrons. The van der Waals surface area contributed by atoms with Crippen LogP contribution in [0.15, 0.2) is 54.7 Å². The number of carbonyl (C=O) groups is 2. The molecule has 1 aliphatic heterocycles.